The van der Waals surface area contributed by atoms with E-state index in [-0.39, 0.29) is 36.4 Å². The summed E-state index contributed by atoms with van der Waals surface area (Å²) in [6, 6.07) is 5.36. The second kappa shape index (κ2) is 9.01. The van der Waals surface area contributed by atoms with E-state index < -0.39 is 24.7 Å². The number of fused-ring (bicyclic) bond motifs is 2. The van der Waals surface area contributed by atoms with Gasteiger partial charge in [0.1, 0.15) is 17.6 Å². The van der Waals surface area contributed by atoms with Crippen LogP contribution in [0.15, 0.2) is 30.5 Å². The summed E-state index contributed by atoms with van der Waals surface area (Å²) < 4.78 is 81.7. The lowest BCUT2D eigenvalue weighted by atomic mass is 9.98. The molecule has 4 aromatic rings. The third kappa shape index (κ3) is 4.49. The first-order chi connectivity index (χ1) is 18.1. The van der Waals surface area contributed by atoms with Gasteiger partial charge in [-0.3, -0.25) is 4.90 Å². The molecule has 0 bridgehead atoms. The molecule has 1 aromatic carbocycles. The van der Waals surface area contributed by atoms with E-state index in [9.17, 15) is 22.0 Å². The minimum absolute atomic E-state index is 0.0231. The number of benzene rings is 1. The average molecular weight is 538 g/mol. The van der Waals surface area contributed by atoms with Crippen molar-refractivity contribution >= 4 is 22.5 Å². The minimum atomic E-state index is -4.46. The molecule has 0 radical (unpaired) electrons. The Morgan fingerprint density at radius 1 is 1.21 bits per heavy atom. The zero-order valence-electron chi connectivity index (χ0n) is 20.1. The van der Waals surface area contributed by atoms with Crippen LogP contribution in [0.2, 0.25) is 0 Å². The SMILES string of the molecule is COc1nc(NC2CCN(C3COC3)CC2(F)F)nn2ccc(-c3ccc4nnn(CC(F)(F)F)c4c3)c12. The summed E-state index contributed by atoms with van der Waals surface area (Å²) in [6.07, 6.45) is -2.66. The van der Waals surface area contributed by atoms with Crippen molar-refractivity contribution in [2.45, 2.75) is 37.1 Å². The average Bonchev–Trinajstić information content (AvgIpc) is 3.42. The van der Waals surface area contributed by atoms with E-state index in [0.717, 1.165) is 4.68 Å². The van der Waals surface area contributed by atoms with Crippen LogP contribution >= 0.6 is 0 Å². The maximum absolute atomic E-state index is 15.0. The molecule has 0 spiro atoms. The molecule has 0 aliphatic carbocycles. The van der Waals surface area contributed by atoms with Crippen molar-refractivity contribution in [1.29, 1.82) is 0 Å². The Hall–Kier alpha value is -3.59. The summed E-state index contributed by atoms with van der Waals surface area (Å²) in [6.45, 7) is -0.224. The largest absolute Gasteiger partial charge is 0.479 e. The quantitative estimate of drug-likeness (QED) is 0.374. The molecule has 1 atom stereocenters. The fourth-order valence-electron chi connectivity index (χ4n) is 4.89. The van der Waals surface area contributed by atoms with E-state index in [1.54, 1.807) is 35.4 Å². The Labute approximate surface area is 212 Å². The first-order valence-corrected chi connectivity index (χ1v) is 11.9. The molecule has 5 heterocycles. The van der Waals surface area contributed by atoms with Crippen LogP contribution in [0, 0.1) is 0 Å². The molecular weight excluding hydrogens is 515 g/mol. The molecule has 1 N–H and O–H groups in total. The Morgan fingerprint density at radius 3 is 2.71 bits per heavy atom. The van der Waals surface area contributed by atoms with Crippen LogP contribution in [0.3, 0.4) is 0 Å². The van der Waals surface area contributed by atoms with Crippen LogP contribution in [0.5, 0.6) is 5.88 Å². The number of hydrogen-bond donors (Lipinski definition) is 1. The molecule has 3 aromatic heterocycles. The Morgan fingerprint density at radius 2 is 2.03 bits per heavy atom. The molecule has 6 rings (SSSR count). The number of rotatable bonds is 6. The fraction of sp³-hybridized carbons (Fsp3) is 0.478. The maximum atomic E-state index is 15.0. The zero-order chi connectivity index (χ0) is 26.7. The van der Waals surface area contributed by atoms with Crippen molar-refractivity contribution < 1.29 is 31.4 Å². The zero-order valence-corrected chi connectivity index (χ0v) is 20.1. The van der Waals surface area contributed by atoms with Gasteiger partial charge in [-0.25, -0.2) is 18.0 Å². The summed E-state index contributed by atoms with van der Waals surface area (Å²) in [5, 5.41) is 14.5. The van der Waals surface area contributed by atoms with Gasteiger partial charge in [-0.05, 0) is 30.2 Å². The van der Waals surface area contributed by atoms with Crippen molar-refractivity contribution in [3.63, 3.8) is 0 Å². The monoisotopic (exact) mass is 538 g/mol. The van der Waals surface area contributed by atoms with Gasteiger partial charge in [0.25, 0.3) is 5.92 Å². The Kier molecular flexibility index (Phi) is 5.86. The number of nitrogens with one attached hydrogen (secondary N) is 1. The molecule has 0 saturated carbocycles. The van der Waals surface area contributed by atoms with Crippen molar-refractivity contribution in [1.82, 2.24) is 34.5 Å². The summed E-state index contributed by atoms with van der Waals surface area (Å²) in [7, 11) is 1.39. The van der Waals surface area contributed by atoms with Crippen molar-refractivity contribution in [2.75, 3.05) is 38.7 Å². The van der Waals surface area contributed by atoms with Crippen LogP contribution in [0.25, 0.3) is 27.7 Å². The van der Waals surface area contributed by atoms with E-state index in [4.69, 9.17) is 9.47 Å². The highest BCUT2D eigenvalue weighted by Crippen LogP contribution is 2.35. The molecule has 202 valence electrons. The minimum Gasteiger partial charge on any atom is -0.479 e. The third-order valence-corrected chi connectivity index (χ3v) is 6.90. The standard InChI is InChI=1S/C23H23F5N8O2/c1-37-20-19-15(13-2-3-16-17(8-13)36(33-31-16)12-23(26,27)28)4-7-35(19)32-21(30-20)29-18-5-6-34(11-22(18,24)25)14-9-38-10-14/h2-4,7-8,14,18H,5-6,9-12H2,1H3,(H,29,32). The summed E-state index contributed by atoms with van der Waals surface area (Å²) >= 11 is 0. The lowest BCUT2D eigenvalue weighted by molar-refractivity contribution is -0.142. The maximum Gasteiger partial charge on any atom is 0.408 e. The first kappa shape index (κ1) is 24.7. The van der Waals surface area contributed by atoms with E-state index in [1.807, 2.05) is 0 Å². The number of hydrogen-bond acceptors (Lipinski definition) is 8. The number of alkyl halides is 5. The molecule has 2 aliphatic heterocycles. The van der Waals surface area contributed by atoms with Crippen LogP contribution in [-0.4, -0.2) is 92.1 Å². The molecule has 0 amide bonds. The molecule has 2 fully saturated rings. The van der Waals surface area contributed by atoms with E-state index in [1.165, 1.54) is 11.6 Å². The highest BCUT2D eigenvalue weighted by molar-refractivity contribution is 5.89. The van der Waals surface area contributed by atoms with E-state index >= 15 is 0 Å². The van der Waals surface area contributed by atoms with Gasteiger partial charge in [-0.1, -0.05) is 11.3 Å². The number of halogens is 5. The van der Waals surface area contributed by atoms with Crippen LogP contribution in [0.1, 0.15) is 6.42 Å². The lowest BCUT2D eigenvalue weighted by Crippen LogP contribution is -2.61. The van der Waals surface area contributed by atoms with Gasteiger partial charge in [-0.15, -0.1) is 10.2 Å². The molecule has 15 heteroatoms. The summed E-state index contributed by atoms with van der Waals surface area (Å²) in [4.78, 5) is 6.07. The first-order valence-electron chi connectivity index (χ1n) is 11.9. The van der Waals surface area contributed by atoms with Gasteiger partial charge in [-0.2, -0.15) is 18.2 Å². The summed E-state index contributed by atoms with van der Waals surface area (Å²) in [5.74, 6) is -2.91. The van der Waals surface area contributed by atoms with Crippen molar-refractivity contribution in [3.8, 4) is 17.0 Å². The second-order valence-corrected chi connectivity index (χ2v) is 9.44. The Balaban J connectivity index is 1.30. The van der Waals surface area contributed by atoms with Crippen molar-refractivity contribution in [2.24, 2.45) is 0 Å². The van der Waals surface area contributed by atoms with Gasteiger partial charge in [0.15, 0.2) is 0 Å². The van der Waals surface area contributed by atoms with Gasteiger partial charge < -0.3 is 14.8 Å². The third-order valence-electron chi connectivity index (χ3n) is 6.90. The number of ether oxygens (including phenoxy) is 2. The van der Waals surface area contributed by atoms with Gasteiger partial charge in [0.2, 0.25) is 11.8 Å². The smallest absolute Gasteiger partial charge is 0.408 e. The molecule has 10 nitrogen and oxygen atoms in total. The number of likely N-dealkylation sites (tertiary alicyclic amines) is 1. The molecule has 2 aliphatic rings. The van der Waals surface area contributed by atoms with E-state index in [0.29, 0.717) is 41.9 Å². The number of methoxy groups -OCH3 is 1. The van der Waals surface area contributed by atoms with Gasteiger partial charge in [0, 0.05) is 18.3 Å². The molecule has 1 unspecified atom stereocenters. The lowest BCUT2D eigenvalue weighted by Gasteiger charge is -2.44. The van der Waals surface area contributed by atoms with Gasteiger partial charge >= 0.3 is 6.18 Å². The highest BCUT2D eigenvalue weighted by atomic mass is 19.4. The van der Waals surface area contributed by atoms with Crippen LogP contribution in [0.4, 0.5) is 27.9 Å². The predicted molar refractivity (Wildman–Crippen MR) is 125 cm³/mol. The number of nitrogens with zero attached hydrogens (tertiary/aromatic N) is 7. The molecule has 2 saturated heterocycles. The Bertz CT molecular complexity index is 1480. The molecular formula is C23H23F5N8O2. The number of anilines is 1. The highest BCUT2D eigenvalue weighted by Gasteiger charge is 2.47. The van der Waals surface area contributed by atoms with Crippen LogP contribution < -0.4 is 10.1 Å². The fourth-order valence-corrected chi connectivity index (χ4v) is 4.89. The number of aromatic nitrogens is 6. The normalized spacial score (nSPS) is 20.6. The van der Waals surface area contributed by atoms with Crippen LogP contribution in [-0.2, 0) is 11.3 Å². The topological polar surface area (TPSA) is 94.6 Å². The second-order valence-electron chi connectivity index (χ2n) is 9.44. The number of piperidine rings is 1. The van der Waals surface area contributed by atoms with E-state index in [2.05, 4.69) is 25.7 Å². The van der Waals surface area contributed by atoms with Crippen molar-refractivity contribution in [3.05, 3.63) is 30.5 Å². The summed E-state index contributed by atoms with van der Waals surface area (Å²) in [5.41, 5.74) is 2.09. The molecule has 38 heavy (non-hydrogen) atoms. The van der Waals surface area contributed by atoms with Gasteiger partial charge in [0.05, 0.1) is 44.5 Å². The predicted octanol–water partition coefficient (Wildman–Crippen LogP) is 3.23.